The Morgan fingerprint density at radius 3 is 2.50 bits per heavy atom. The van der Waals surface area contributed by atoms with E-state index in [9.17, 15) is 13.2 Å². The van der Waals surface area contributed by atoms with E-state index in [-0.39, 0.29) is 24.9 Å². The second kappa shape index (κ2) is 9.51. The van der Waals surface area contributed by atoms with E-state index in [1.54, 1.807) is 31.4 Å². The molecule has 30 heavy (non-hydrogen) atoms. The zero-order valence-corrected chi connectivity index (χ0v) is 18.7. The normalized spacial score (nSPS) is 14.1. The third kappa shape index (κ3) is 5.53. The number of aryl methyl sites for hydroxylation is 2. The molecule has 0 spiro atoms. The van der Waals surface area contributed by atoms with E-state index in [2.05, 4.69) is 23.5 Å². The summed E-state index contributed by atoms with van der Waals surface area (Å²) in [5, 5.41) is 3.03. The van der Waals surface area contributed by atoms with Crippen molar-refractivity contribution in [2.75, 3.05) is 24.2 Å². The molecule has 7 heteroatoms. The van der Waals surface area contributed by atoms with Gasteiger partial charge in [-0.05, 0) is 73.6 Å². The molecule has 1 aliphatic rings. The summed E-state index contributed by atoms with van der Waals surface area (Å²) in [4.78, 5) is 12.4. The number of fused-ring (bicyclic) bond motifs is 1. The number of ether oxygens (including phenoxy) is 1. The van der Waals surface area contributed by atoms with Crippen LogP contribution in [0.1, 0.15) is 48.9 Å². The van der Waals surface area contributed by atoms with Gasteiger partial charge in [0.2, 0.25) is 15.9 Å². The monoisotopic (exact) mass is 430 g/mol. The summed E-state index contributed by atoms with van der Waals surface area (Å²) in [6.45, 7) is 2.22. The number of methoxy groups -OCH3 is 1. The van der Waals surface area contributed by atoms with Crippen LogP contribution < -0.4 is 14.4 Å². The molecule has 162 valence electrons. The van der Waals surface area contributed by atoms with Crippen LogP contribution in [0.5, 0.6) is 5.75 Å². The molecule has 0 fully saturated rings. The quantitative estimate of drug-likeness (QED) is 0.659. The number of sulfonamides is 1. The fraction of sp³-hybridized carbons (Fsp3) is 0.435. The van der Waals surface area contributed by atoms with E-state index in [0.29, 0.717) is 17.9 Å². The zero-order valence-electron chi connectivity index (χ0n) is 17.8. The van der Waals surface area contributed by atoms with E-state index in [0.717, 1.165) is 18.4 Å². The maximum absolute atomic E-state index is 12.4. The maximum atomic E-state index is 12.4. The molecule has 6 nitrogen and oxygen atoms in total. The number of amides is 1. The fourth-order valence-corrected chi connectivity index (χ4v) is 4.84. The van der Waals surface area contributed by atoms with Crippen molar-refractivity contribution >= 4 is 21.6 Å². The van der Waals surface area contributed by atoms with Crippen LogP contribution >= 0.6 is 0 Å². The first-order chi connectivity index (χ1) is 14.3. The first-order valence-corrected chi connectivity index (χ1v) is 12.2. The summed E-state index contributed by atoms with van der Waals surface area (Å²) >= 11 is 0. The maximum Gasteiger partial charge on any atom is 0.232 e. The van der Waals surface area contributed by atoms with Crippen molar-refractivity contribution in [2.45, 2.75) is 45.1 Å². The summed E-state index contributed by atoms with van der Waals surface area (Å²) in [6, 6.07) is 13.2. The van der Waals surface area contributed by atoms with Crippen molar-refractivity contribution < 1.29 is 17.9 Å². The highest BCUT2D eigenvalue weighted by atomic mass is 32.2. The van der Waals surface area contributed by atoms with Crippen LogP contribution in [0.25, 0.3) is 0 Å². The van der Waals surface area contributed by atoms with Gasteiger partial charge in [-0.2, -0.15) is 0 Å². The lowest BCUT2D eigenvalue weighted by atomic mass is 10.0. The number of anilines is 1. The van der Waals surface area contributed by atoms with Gasteiger partial charge in [-0.25, -0.2) is 8.42 Å². The van der Waals surface area contributed by atoms with Crippen LogP contribution in [0.4, 0.5) is 5.69 Å². The standard InChI is InChI=1S/C23H30N2O4S/c1-17(19-10-9-18-6-4-7-20(18)16-19)24-23(26)8-5-15-25(30(3,27)28)21-11-13-22(29-2)14-12-21/h9-14,16-17H,4-8,15H2,1-3H3,(H,24,26). The van der Waals surface area contributed by atoms with Crippen molar-refractivity contribution in [3.05, 3.63) is 59.2 Å². The van der Waals surface area contributed by atoms with Crippen LogP contribution in [0.3, 0.4) is 0 Å². The summed E-state index contributed by atoms with van der Waals surface area (Å²) < 4.78 is 30.9. The molecule has 0 saturated carbocycles. The highest BCUT2D eigenvalue weighted by Crippen LogP contribution is 2.25. The minimum Gasteiger partial charge on any atom is -0.497 e. The van der Waals surface area contributed by atoms with E-state index in [4.69, 9.17) is 4.74 Å². The Morgan fingerprint density at radius 2 is 1.83 bits per heavy atom. The number of hydrogen-bond acceptors (Lipinski definition) is 4. The first kappa shape index (κ1) is 22.2. The highest BCUT2D eigenvalue weighted by Gasteiger charge is 2.19. The van der Waals surface area contributed by atoms with Gasteiger partial charge in [-0.15, -0.1) is 0 Å². The molecule has 0 radical (unpaired) electrons. The molecule has 1 aliphatic carbocycles. The van der Waals surface area contributed by atoms with Crippen LogP contribution in [-0.2, 0) is 27.7 Å². The fourth-order valence-electron chi connectivity index (χ4n) is 3.88. The van der Waals surface area contributed by atoms with Gasteiger partial charge in [0.1, 0.15) is 5.75 Å². The third-order valence-corrected chi connectivity index (χ3v) is 6.72. The minimum absolute atomic E-state index is 0.0731. The first-order valence-electron chi connectivity index (χ1n) is 10.3. The lowest BCUT2D eigenvalue weighted by Gasteiger charge is -2.23. The van der Waals surface area contributed by atoms with Gasteiger partial charge in [0.15, 0.2) is 0 Å². The number of rotatable bonds is 9. The summed E-state index contributed by atoms with van der Waals surface area (Å²) in [5.41, 5.74) is 4.47. The molecule has 0 aromatic heterocycles. The molecule has 3 rings (SSSR count). The van der Waals surface area contributed by atoms with E-state index >= 15 is 0 Å². The summed E-state index contributed by atoms with van der Waals surface area (Å²) in [7, 11) is -1.89. The van der Waals surface area contributed by atoms with Gasteiger partial charge in [-0.1, -0.05) is 18.2 Å². The van der Waals surface area contributed by atoms with Crippen molar-refractivity contribution in [3.63, 3.8) is 0 Å². The van der Waals surface area contributed by atoms with Gasteiger partial charge in [-0.3, -0.25) is 9.10 Å². The van der Waals surface area contributed by atoms with Gasteiger partial charge >= 0.3 is 0 Å². The number of nitrogens with one attached hydrogen (secondary N) is 1. The van der Waals surface area contributed by atoms with E-state index in [1.807, 2.05) is 6.92 Å². The molecule has 0 aliphatic heterocycles. The predicted molar refractivity (Wildman–Crippen MR) is 119 cm³/mol. The van der Waals surface area contributed by atoms with E-state index in [1.165, 1.54) is 28.1 Å². The molecule has 2 aromatic carbocycles. The number of carbonyl (C=O) groups is 1. The Bertz CT molecular complexity index is 987. The molecule has 1 unspecified atom stereocenters. The molecule has 0 saturated heterocycles. The summed E-state index contributed by atoms with van der Waals surface area (Å²) in [6.07, 6.45) is 5.31. The molecule has 2 aromatic rings. The minimum atomic E-state index is -3.45. The highest BCUT2D eigenvalue weighted by molar-refractivity contribution is 7.92. The second-order valence-electron chi connectivity index (χ2n) is 7.81. The molecule has 0 bridgehead atoms. The Balaban J connectivity index is 1.54. The molecular weight excluding hydrogens is 400 g/mol. The Kier molecular flexibility index (Phi) is 7.02. The predicted octanol–water partition coefficient (Wildman–Crippen LogP) is 3.61. The van der Waals surface area contributed by atoms with Crippen LogP contribution in [0.15, 0.2) is 42.5 Å². The summed E-state index contributed by atoms with van der Waals surface area (Å²) in [5.74, 6) is 0.582. The van der Waals surface area contributed by atoms with Crippen molar-refractivity contribution in [2.24, 2.45) is 0 Å². The smallest absolute Gasteiger partial charge is 0.232 e. The van der Waals surface area contributed by atoms with Gasteiger partial charge in [0.25, 0.3) is 0 Å². The topological polar surface area (TPSA) is 75.7 Å². The van der Waals surface area contributed by atoms with Gasteiger partial charge < -0.3 is 10.1 Å². The van der Waals surface area contributed by atoms with Crippen molar-refractivity contribution in [3.8, 4) is 5.75 Å². The average molecular weight is 431 g/mol. The van der Waals surface area contributed by atoms with Crippen LogP contribution in [-0.4, -0.2) is 34.2 Å². The number of hydrogen-bond donors (Lipinski definition) is 1. The Hall–Kier alpha value is -2.54. The van der Waals surface area contributed by atoms with Gasteiger partial charge in [0.05, 0.1) is 25.1 Å². The average Bonchev–Trinajstić information content (AvgIpc) is 3.18. The SMILES string of the molecule is COc1ccc(N(CCCC(=O)NC(C)c2ccc3c(c2)CCC3)S(C)(=O)=O)cc1. The lowest BCUT2D eigenvalue weighted by Crippen LogP contribution is -2.32. The van der Waals surface area contributed by atoms with Crippen LogP contribution in [0.2, 0.25) is 0 Å². The zero-order chi connectivity index (χ0) is 21.7. The molecule has 0 heterocycles. The molecule has 1 N–H and O–H groups in total. The van der Waals surface area contributed by atoms with Crippen molar-refractivity contribution in [1.29, 1.82) is 0 Å². The van der Waals surface area contributed by atoms with Gasteiger partial charge in [0, 0.05) is 13.0 Å². The third-order valence-electron chi connectivity index (χ3n) is 5.53. The van der Waals surface area contributed by atoms with E-state index < -0.39 is 10.0 Å². The molecule has 1 amide bonds. The van der Waals surface area contributed by atoms with Crippen LogP contribution in [0, 0.1) is 0 Å². The van der Waals surface area contributed by atoms with Crippen molar-refractivity contribution in [1.82, 2.24) is 5.32 Å². The number of benzene rings is 2. The lowest BCUT2D eigenvalue weighted by molar-refractivity contribution is -0.121. The largest absolute Gasteiger partial charge is 0.497 e. The molecular formula is C23H30N2O4S. The number of carbonyl (C=O) groups excluding carboxylic acids is 1. The Morgan fingerprint density at radius 1 is 1.13 bits per heavy atom. The molecule has 1 atom stereocenters. The second-order valence-corrected chi connectivity index (χ2v) is 9.71. The Labute approximate surface area is 179 Å². The number of nitrogens with zero attached hydrogens (tertiary/aromatic N) is 1.